The maximum atomic E-state index is 12.8. The van der Waals surface area contributed by atoms with Crippen molar-refractivity contribution in [2.45, 2.75) is 91.6 Å². The van der Waals surface area contributed by atoms with Crippen LogP contribution < -0.4 is 15.4 Å². The largest absolute Gasteiger partial charge is 0.494 e. The summed E-state index contributed by atoms with van der Waals surface area (Å²) in [6.07, 6.45) is 5.39. The fourth-order valence-electron chi connectivity index (χ4n) is 4.92. The summed E-state index contributed by atoms with van der Waals surface area (Å²) < 4.78 is 5.85. The van der Waals surface area contributed by atoms with Gasteiger partial charge in [-0.2, -0.15) is 0 Å². The predicted molar refractivity (Wildman–Crippen MR) is 143 cm³/mol. The van der Waals surface area contributed by atoms with Crippen LogP contribution in [0, 0.1) is 5.92 Å². The number of carbonyl (C=O) groups excluding carboxylic acids is 4. The van der Waals surface area contributed by atoms with E-state index in [1.807, 2.05) is 38.1 Å². The summed E-state index contributed by atoms with van der Waals surface area (Å²) in [6, 6.07) is 6.86. The Morgan fingerprint density at radius 1 is 0.919 bits per heavy atom. The molecule has 1 atom stereocenters. The number of amides is 2. The highest BCUT2D eigenvalue weighted by Crippen LogP contribution is 2.27. The normalized spacial score (nSPS) is 17.5. The molecule has 0 saturated heterocycles. The molecule has 1 fully saturated rings. The van der Waals surface area contributed by atoms with Crippen LogP contribution in [0.25, 0.3) is 0 Å². The van der Waals surface area contributed by atoms with Gasteiger partial charge in [0.05, 0.1) is 6.61 Å². The Morgan fingerprint density at radius 2 is 1.54 bits per heavy atom. The molecule has 7 heteroatoms. The molecule has 0 heterocycles. The molecule has 0 unspecified atom stereocenters. The number of nitrogens with one attached hydrogen (secondary N) is 2. The number of ketones is 2. The third-order valence-corrected chi connectivity index (χ3v) is 7.30. The predicted octanol–water partition coefficient (Wildman–Crippen LogP) is 4.39. The molecular weight excluding hydrogens is 468 g/mol. The molecule has 2 aliphatic carbocycles. The highest BCUT2D eigenvalue weighted by molar-refractivity contribution is 6.24. The molecule has 0 aliphatic heterocycles. The van der Waals surface area contributed by atoms with E-state index in [-0.39, 0.29) is 35.3 Å². The molecule has 2 N–H and O–H groups in total. The molecule has 200 valence electrons. The van der Waals surface area contributed by atoms with Gasteiger partial charge in [0.15, 0.2) is 11.6 Å². The van der Waals surface area contributed by atoms with E-state index in [4.69, 9.17) is 4.74 Å². The van der Waals surface area contributed by atoms with E-state index >= 15 is 0 Å². The molecule has 1 saturated carbocycles. The molecular formula is C30H40N2O5. The van der Waals surface area contributed by atoms with Crippen molar-refractivity contribution < 1.29 is 23.9 Å². The molecule has 7 nitrogen and oxygen atoms in total. The molecule has 0 radical (unpaired) electrons. The zero-order chi connectivity index (χ0) is 27.1. The fourth-order valence-corrected chi connectivity index (χ4v) is 4.92. The van der Waals surface area contributed by atoms with Gasteiger partial charge in [0, 0.05) is 40.7 Å². The highest BCUT2D eigenvalue weighted by atomic mass is 16.5. The first-order valence-electron chi connectivity index (χ1n) is 13.4. The van der Waals surface area contributed by atoms with Gasteiger partial charge in [0.1, 0.15) is 11.8 Å². The number of hydrogen-bond acceptors (Lipinski definition) is 5. The average molecular weight is 509 g/mol. The van der Waals surface area contributed by atoms with Gasteiger partial charge in [-0.15, -0.1) is 0 Å². The van der Waals surface area contributed by atoms with Gasteiger partial charge >= 0.3 is 0 Å². The molecule has 2 amide bonds. The topological polar surface area (TPSA) is 102 Å². The summed E-state index contributed by atoms with van der Waals surface area (Å²) in [5.41, 5.74) is 3.10. The van der Waals surface area contributed by atoms with Gasteiger partial charge in [-0.05, 0) is 78.0 Å². The van der Waals surface area contributed by atoms with Crippen molar-refractivity contribution in [1.29, 1.82) is 0 Å². The monoisotopic (exact) mass is 508 g/mol. The number of hydrogen-bond donors (Lipinski definition) is 2. The summed E-state index contributed by atoms with van der Waals surface area (Å²) in [5.74, 6) is 0.368. The lowest BCUT2D eigenvalue weighted by molar-refractivity contribution is -0.131. The Balaban J connectivity index is 1.54. The number of carbonyl (C=O) groups is 4. The van der Waals surface area contributed by atoms with Crippen LogP contribution >= 0.6 is 0 Å². The average Bonchev–Trinajstić information content (AvgIpc) is 3.41. The number of Topliss-reactive ketones (excluding diaryl/α,β-unsaturated/α-hetero) is 2. The third-order valence-electron chi connectivity index (χ3n) is 7.30. The van der Waals surface area contributed by atoms with Crippen molar-refractivity contribution in [3.8, 4) is 5.75 Å². The van der Waals surface area contributed by atoms with Crippen LogP contribution in [0.1, 0.15) is 78.7 Å². The summed E-state index contributed by atoms with van der Waals surface area (Å²) in [7, 11) is 0. The first-order chi connectivity index (χ1) is 17.6. The number of allylic oxidation sites excluding steroid dienone is 4. The van der Waals surface area contributed by atoms with Crippen LogP contribution in [0.5, 0.6) is 5.75 Å². The summed E-state index contributed by atoms with van der Waals surface area (Å²) in [5, 5.41) is 5.89. The molecule has 2 aliphatic rings. The van der Waals surface area contributed by atoms with Gasteiger partial charge in [-0.3, -0.25) is 19.2 Å². The van der Waals surface area contributed by atoms with E-state index in [0.29, 0.717) is 53.9 Å². The van der Waals surface area contributed by atoms with Crippen molar-refractivity contribution in [1.82, 2.24) is 10.6 Å². The van der Waals surface area contributed by atoms with Crippen molar-refractivity contribution in [2.75, 3.05) is 6.61 Å². The second kappa shape index (κ2) is 12.8. The summed E-state index contributed by atoms with van der Waals surface area (Å²) in [6.45, 7) is 9.34. The Kier molecular flexibility index (Phi) is 9.84. The van der Waals surface area contributed by atoms with Gasteiger partial charge in [0.2, 0.25) is 11.8 Å². The first-order valence-corrected chi connectivity index (χ1v) is 13.4. The quantitative estimate of drug-likeness (QED) is 0.341. The summed E-state index contributed by atoms with van der Waals surface area (Å²) in [4.78, 5) is 50.4. The minimum atomic E-state index is -0.629. The summed E-state index contributed by atoms with van der Waals surface area (Å²) >= 11 is 0. The molecule has 0 spiro atoms. The van der Waals surface area contributed by atoms with Crippen LogP contribution in [-0.2, 0) is 25.6 Å². The maximum Gasteiger partial charge on any atom is 0.243 e. The van der Waals surface area contributed by atoms with E-state index in [2.05, 4.69) is 10.6 Å². The molecule has 1 aromatic rings. The van der Waals surface area contributed by atoms with Crippen molar-refractivity contribution in [2.24, 2.45) is 5.92 Å². The first kappa shape index (κ1) is 28.4. The highest BCUT2D eigenvalue weighted by Gasteiger charge is 2.29. The molecule has 0 aromatic heterocycles. The minimum Gasteiger partial charge on any atom is -0.494 e. The lowest BCUT2D eigenvalue weighted by Gasteiger charge is -2.22. The van der Waals surface area contributed by atoms with Crippen LogP contribution in [0.2, 0.25) is 0 Å². The van der Waals surface area contributed by atoms with E-state index in [1.165, 1.54) is 0 Å². The standard InChI is InChI=1S/C30H40N2O5/c1-18(2)31-30(36)26(32-29(35)23-9-6-7-10-23)17-22-12-14-24(15-13-22)37-16-8-11-25-21(5)27(33)19(3)20(4)28(25)34/h12-15,18,23,26H,6-11,16-17H2,1-5H3,(H,31,36)(H,32,35)/t26-/m0/s1. The van der Waals surface area contributed by atoms with Crippen molar-refractivity contribution >= 4 is 23.4 Å². The SMILES string of the molecule is CC1=C(C)C(=O)C(CCCOc2ccc(C[C@H](NC(=O)C3CCCC3)C(=O)NC(C)C)cc2)=C(C)C1=O. The van der Waals surface area contributed by atoms with Crippen LogP contribution in [-0.4, -0.2) is 42.1 Å². The molecule has 0 bridgehead atoms. The van der Waals surface area contributed by atoms with Gasteiger partial charge in [-0.25, -0.2) is 0 Å². The maximum absolute atomic E-state index is 12.8. The Hall–Kier alpha value is -3.22. The van der Waals surface area contributed by atoms with Crippen LogP contribution in [0.3, 0.4) is 0 Å². The van der Waals surface area contributed by atoms with E-state index < -0.39 is 6.04 Å². The van der Waals surface area contributed by atoms with Crippen molar-refractivity contribution in [3.63, 3.8) is 0 Å². The number of benzene rings is 1. The number of ether oxygens (including phenoxy) is 1. The second-order valence-corrected chi connectivity index (χ2v) is 10.5. The van der Waals surface area contributed by atoms with Gasteiger partial charge in [-0.1, -0.05) is 25.0 Å². The molecule has 1 aromatic carbocycles. The van der Waals surface area contributed by atoms with Gasteiger partial charge in [0.25, 0.3) is 0 Å². The minimum absolute atomic E-state index is 0.00402. The molecule has 3 rings (SSSR count). The molecule has 37 heavy (non-hydrogen) atoms. The zero-order valence-corrected chi connectivity index (χ0v) is 22.7. The Labute approximate surface area is 220 Å². The van der Waals surface area contributed by atoms with Gasteiger partial charge < -0.3 is 15.4 Å². The lowest BCUT2D eigenvalue weighted by Crippen LogP contribution is -2.50. The van der Waals surface area contributed by atoms with Crippen molar-refractivity contribution in [3.05, 3.63) is 52.1 Å². The number of rotatable bonds is 11. The van der Waals surface area contributed by atoms with E-state index in [1.54, 1.807) is 20.8 Å². The second-order valence-electron chi connectivity index (χ2n) is 10.5. The fraction of sp³-hybridized carbons (Fsp3) is 0.533. The lowest BCUT2D eigenvalue weighted by atomic mass is 9.84. The van der Waals surface area contributed by atoms with Crippen LogP contribution in [0.4, 0.5) is 0 Å². The Bertz CT molecular complexity index is 1090. The smallest absolute Gasteiger partial charge is 0.243 e. The zero-order valence-electron chi connectivity index (χ0n) is 22.7. The third kappa shape index (κ3) is 7.40. The van der Waals surface area contributed by atoms with E-state index in [0.717, 1.165) is 31.2 Å². The van der Waals surface area contributed by atoms with E-state index in [9.17, 15) is 19.2 Å². The Morgan fingerprint density at radius 3 is 2.16 bits per heavy atom. The van der Waals surface area contributed by atoms with Crippen LogP contribution in [0.15, 0.2) is 46.6 Å².